The molecule has 3 aromatic rings. The Morgan fingerprint density at radius 3 is 2.42 bits per heavy atom. The Kier molecular flexibility index (Phi) is 5.54. The highest BCUT2D eigenvalue weighted by molar-refractivity contribution is 5.93. The molecule has 0 aliphatic rings. The van der Waals surface area contributed by atoms with Gasteiger partial charge in [0.25, 0.3) is 5.91 Å². The van der Waals surface area contributed by atoms with Crippen LogP contribution < -0.4 is 14.8 Å². The monoisotopic (exact) mass is 347 g/mol. The van der Waals surface area contributed by atoms with Crippen molar-refractivity contribution < 1.29 is 14.3 Å². The summed E-state index contributed by atoms with van der Waals surface area (Å²) in [5.74, 6) is 1.05. The van der Waals surface area contributed by atoms with Crippen molar-refractivity contribution in [1.29, 1.82) is 0 Å². The van der Waals surface area contributed by atoms with Crippen LogP contribution in [0.2, 0.25) is 0 Å². The molecule has 0 aliphatic carbocycles. The molecule has 0 saturated carbocycles. The van der Waals surface area contributed by atoms with E-state index < -0.39 is 0 Å². The minimum Gasteiger partial charge on any atom is -0.495 e. The average Bonchev–Trinajstić information content (AvgIpc) is 2.67. The van der Waals surface area contributed by atoms with Crippen LogP contribution in [0.4, 0.5) is 5.69 Å². The number of benzene rings is 3. The topological polar surface area (TPSA) is 47.6 Å². The molecule has 1 N–H and O–H groups in total. The number of rotatable bonds is 6. The van der Waals surface area contributed by atoms with Crippen molar-refractivity contribution in [2.75, 3.05) is 19.0 Å². The molecule has 0 aromatic heterocycles. The van der Waals surface area contributed by atoms with Gasteiger partial charge in [0.1, 0.15) is 11.5 Å². The number of hydrogen-bond acceptors (Lipinski definition) is 3. The van der Waals surface area contributed by atoms with Crippen molar-refractivity contribution in [2.45, 2.75) is 6.92 Å². The standard InChI is InChI=1S/C22H21NO3/c1-16-12-13-21(25-2)19(14-16)23-22(24)15-26-20-11-7-6-10-18(20)17-8-4-3-5-9-17/h3-14H,15H2,1-2H3,(H,23,24). The van der Waals surface area contributed by atoms with Crippen molar-refractivity contribution >= 4 is 11.6 Å². The van der Waals surface area contributed by atoms with Gasteiger partial charge >= 0.3 is 0 Å². The first-order valence-corrected chi connectivity index (χ1v) is 8.39. The van der Waals surface area contributed by atoms with E-state index in [9.17, 15) is 4.79 Å². The number of para-hydroxylation sites is 1. The number of amides is 1. The van der Waals surface area contributed by atoms with Crippen molar-refractivity contribution in [1.82, 2.24) is 0 Å². The van der Waals surface area contributed by atoms with E-state index in [1.165, 1.54) is 0 Å². The maximum absolute atomic E-state index is 12.3. The molecule has 4 heteroatoms. The summed E-state index contributed by atoms with van der Waals surface area (Å²) < 4.78 is 11.1. The summed E-state index contributed by atoms with van der Waals surface area (Å²) in [7, 11) is 1.58. The van der Waals surface area contributed by atoms with Crippen molar-refractivity contribution in [3.05, 3.63) is 78.4 Å². The lowest BCUT2D eigenvalue weighted by Gasteiger charge is -2.13. The lowest BCUT2D eigenvalue weighted by atomic mass is 10.1. The molecule has 1 amide bonds. The summed E-state index contributed by atoms with van der Waals surface area (Å²) >= 11 is 0. The third-order valence-corrected chi connectivity index (χ3v) is 3.96. The predicted molar refractivity (Wildman–Crippen MR) is 104 cm³/mol. The Hall–Kier alpha value is -3.27. The molecule has 3 rings (SSSR count). The molecule has 0 saturated heterocycles. The van der Waals surface area contributed by atoms with Gasteiger partial charge in [0, 0.05) is 5.56 Å². The van der Waals surface area contributed by atoms with Crippen LogP contribution in [0.25, 0.3) is 11.1 Å². The first-order chi connectivity index (χ1) is 12.7. The number of methoxy groups -OCH3 is 1. The molecule has 0 spiro atoms. The molecule has 0 aliphatic heterocycles. The molecular formula is C22H21NO3. The Labute approximate surface area is 153 Å². The van der Waals surface area contributed by atoms with Gasteiger partial charge < -0.3 is 14.8 Å². The molecule has 4 nitrogen and oxygen atoms in total. The predicted octanol–water partition coefficient (Wildman–Crippen LogP) is 4.69. The second-order valence-electron chi connectivity index (χ2n) is 5.90. The minimum atomic E-state index is -0.239. The molecular weight excluding hydrogens is 326 g/mol. The summed E-state index contributed by atoms with van der Waals surface area (Å²) in [4.78, 5) is 12.3. The van der Waals surface area contributed by atoms with E-state index in [4.69, 9.17) is 9.47 Å². The average molecular weight is 347 g/mol. The Bertz CT molecular complexity index is 891. The fourth-order valence-electron chi connectivity index (χ4n) is 2.70. The lowest BCUT2D eigenvalue weighted by Crippen LogP contribution is -2.20. The number of carbonyl (C=O) groups excluding carboxylic acids is 1. The summed E-state index contributed by atoms with van der Waals surface area (Å²) in [5, 5.41) is 2.84. The van der Waals surface area contributed by atoms with Gasteiger partial charge in [0.15, 0.2) is 6.61 Å². The molecule has 0 fully saturated rings. The fraction of sp³-hybridized carbons (Fsp3) is 0.136. The zero-order valence-corrected chi connectivity index (χ0v) is 14.9. The van der Waals surface area contributed by atoms with Gasteiger partial charge in [-0.1, -0.05) is 54.6 Å². The van der Waals surface area contributed by atoms with Gasteiger partial charge in [-0.25, -0.2) is 0 Å². The second kappa shape index (κ2) is 8.21. The van der Waals surface area contributed by atoms with E-state index >= 15 is 0 Å². The summed E-state index contributed by atoms with van der Waals surface area (Å²) in [6, 6.07) is 23.3. The molecule has 0 heterocycles. The largest absolute Gasteiger partial charge is 0.495 e. The van der Waals surface area contributed by atoms with Gasteiger partial charge in [-0.2, -0.15) is 0 Å². The number of aryl methyl sites for hydroxylation is 1. The molecule has 132 valence electrons. The van der Waals surface area contributed by atoms with Gasteiger partial charge in [0.05, 0.1) is 12.8 Å². The van der Waals surface area contributed by atoms with Crippen LogP contribution in [-0.4, -0.2) is 19.6 Å². The highest BCUT2D eigenvalue weighted by Gasteiger charge is 2.11. The Balaban J connectivity index is 1.70. The van der Waals surface area contributed by atoms with Gasteiger partial charge in [-0.3, -0.25) is 4.79 Å². The van der Waals surface area contributed by atoms with Crippen molar-refractivity contribution in [2.24, 2.45) is 0 Å². The van der Waals surface area contributed by atoms with E-state index in [1.54, 1.807) is 7.11 Å². The van der Waals surface area contributed by atoms with Crippen LogP contribution in [0.15, 0.2) is 72.8 Å². The van der Waals surface area contributed by atoms with Crippen LogP contribution in [0.1, 0.15) is 5.56 Å². The molecule has 0 bridgehead atoms. The SMILES string of the molecule is COc1ccc(C)cc1NC(=O)COc1ccccc1-c1ccccc1. The smallest absolute Gasteiger partial charge is 0.262 e. The van der Waals surface area contributed by atoms with E-state index in [-0.39, 0.29) is 12.5 Å². The number of ether oxygens (including phenoxy) is 2. The quantitative estimate of drug-likeness (QED) is 0.704. The summed E-state index contributed by atoms with van der Waals surface area (Å²) in [6.45, 7) is 1.88. The van der Waals surface area contributed by atoms with Crippen LogP contribution in [0.3, 0.4) is 0 Å². The first kappa shape index (κ1) is 17.5. The lowest BCUT2D eigenvalue weighted by molar-refractivity contribution is -0.118. The third kappa shape index (κ3) is 4.22. The highest BCUT2D eigenvalue weighted by Crippen LogP contribution is 2.30. The van der Waals surface area contributed by atoms with E-state index in [0.29, 0.717) is 17.2 Å². The maximum atomic E-state index is 12.3. The minimum absolute atomic E-state index is 0.0824. The van der Waals surface area contributed by atoms with Crippen LogP contribution >= 0.6 is 0 Å². The van der Waals surface area contributed by atoms with E-state index in [0.717, 1.165) is 16.7 Å². The van der Waals surface area contributed by atoms with Crippen molar-refractivity contribution in [3.8, 4) is 22.6 Å². The maximum Gasteiger partial charge on any atom is 0.262 e. The normalized spacial score (nSPS) is 10.2. The van der Waals surface area contributed by atoms with Crippen LogP contribution in [0, 0.1) is 6.92 Å². The molecule has 0 atom stereocenters. The zero-order chi connectivity index (χ0) is 18.4. The third-order valence-electron chi connectivity index (χ3n) is 3.96. The van der Waals surface area contributed by atoms with Crippen molar-refractivity contribution in [3.63, 3.8) is 0 Å². The zero-order valence-electron chi connectivity index (χ0n) is 14.9. The van der Waals surface area contributed by atoms with Gasteiger partial charge in [0.2, 0.25) is 0 Å². The molecule has 0 unspecified atom stereocenters. The van der Waals surface area contributed by atoms with Crippen LogP contribution in [-0.2, 0) is 4.79 Å². The van der Waals surface area contributed by atoms with E-state index in [2.05, 4.69) is 5.32 Å². The molecule has 26 heavy (non-hydrogen) atoms. The Morgan fingerprint density at radius 1 is 0.923 bits per heavy atom. The number of anilines is 1. The molecule has 0 radical (unpaired) electrons. The molecule has 3 aromatic carbocycles. The number of hydrogen-bond donors (Lipinski definition) is 1. The second-order valence-corrected chi connectivity index (χ2v) is 5.90. The fourth-order valence-corrected chi connectivity index (χ4v) is 2.70. The highest BCUT2D eigenvalue weighted by atomic mass is 16.5. The Morgan fingerprint density at radius 2 is 1.65 bits per heavy atom. The summed E-state index contributed by atoms with van der Waals surface area (Å²) in [5.41, 5.74) is 3.67. The summed E-state index contributed by atoms with van der Waals surface area (Å²) in [6.07, 6.45) is 0. The van der Waals surface area contributed by atoms with Gasteiger partial charge in [-0.15, -0.1) is 0 Å². The van der Waals surface area contributed by atoms with Gasteiger partial charge in [-0.05, 0) is 36.2 Å². The number of nitrogens with one attached hydrogen (secondary N) is 1. The van der Waals surface area contributed by atoms with Crippen LogP contribution in [0.5, 0.6) is 11.5 Å². The number of carbonyl (C=O) groups is 1. The van der Waals surface area contributed by atoms with E-state index in [1.807, 2.05) is 79.7 Å². The first-order valence-electron chi connectivity index (χ1n) is 8.39.